The van der Waals surface area contributed by atoms with Gasteiger partial charge in [0.2, 0.25) is 0 Å². The predicted molar refractivity (Wildman–Crippen MR) is 46.9 cm³/mol. The van der Waals surface area contributed by atoms with Gasteiger partial charge in [-0.2, -0.15) is 31.0 Å². The molecule has 0 amide bonds. The van der Waals surface area contributed by atoms with Gasteiger partial charge in [0.1, 0.15) is 0 Å². The van der Waals surface area contributed by atoms with E-state index in [9.17, 15) is 0 Å². The van der Waals surface area contributed by atoms with E-state index in [1.54, 1.807) is 0 Å². The molecule has 0 aliphatic rings. The Bertz CT molecular complexity index is 102. The molecule has 0 N–H and O–H groups in total. The summed E-state index contributed by atoms with van der Waals surface area (Å²) in [7, 11) is 0. The van der Waals surface area contributed by atoms with Crippen molar-refractivity contribution in [3.8, 4) is 0 Å². The van der Waals surface area contributed by atoms with Crippen molar-refractivity contribution in [1.82, 2.24) is 0 Å². The average molecular weight is 290 g/mol. The number of halogens is 3. The second-order valence-electron chi connectivity index (χ2n) is 2.07. The third-order valence-corrected chi connectivity index (χ3v) is 1.13. The van der Waals surface area contributed by atoms with Crippen LogP contribution in [0.25, 0.3) is 0 Å². The molecule has 0 saturated heterocycles. The Morgan fingerprint density at radius 3 is 1.36 bits per heavy atom. The minimum atomic E-state index is 0. The molecule has 0 unspecified atom stereocenters. The van der Waals surface area contributed by atoms with Crippen LogP contribution in [0.5, 0.6) is 0 Å². The summed E-state index contributed by atoms with van der Waals surface area (Å²) in [4.78, 5) is 0. The predicted octanol–water partition coefficient (Wildman–Crippen LogP) is -5.57. The van der Waals surface area contributed by atoms with Crippen LogP contribution in [0, 0.1) is 6.42 Å². The maximum Gasteiger partial charge on any atom is 3.00 e. The van der Waals surface area contributed by atoms with E-state index in [0.717, 1.165) is 0 Å². The summed E-state index contributed by atoms with van der Waals surface area (Å²) in [6.07, 6.45) is 4.69. The molecule has 1 aromatic carbocycles. The van der Waals surface area contributed by atoms with Crippen molar-refractivity contribution in [2.24, 2.45) is 0 Å². The van der Waals surface area contributed by atoms with Crippen LogP contribution in [0.2, 0.25) is 0 Å². The number of unbranched alkanes of at least 4 members (excludes halogenated alkanes) is 2. The Morgan fingerprint density at radius 2 is 1.29 bits per heavy atom. The van der Waals surface area contributed by atoms with Gasteiger partial charge in [-0.1, -0.05) is 13.8 Å². The first-order valence-electron chi connectivity index (χ1n) is 3.90. The largest absolute Gasteiger partial charge is 3.00 e. The van der Waals surface area contributed by atoms with E-state index in [1.165, 1.54) is 12.8 Å². The molecule has 1 rings (SSSR count). The molecule has 0 bridgehead atoms. The minimum Gasteiger partial charge on any atom is -1.00 e. The summed E-state index contributed by atoms with van der Waals surface area (Å²) >= 11 is 0. The number of hydrogen-bond acceptors (Lipinski definition) is 0. The van der Waals surface area contributed by atoms with Crippen LogP contribution in [0.1, 0.15) is 26.7 Å². The molecular formula is C10H16Cl3Ti-2. The van der Waals surface area contributed by atoms with E-state index >= 15 is 0 Å². The van der Waals surface area contributed by atoms with E-state index in [4.69, 9.17) is 0 Å². The Morgan fingerprint density at radius 1 is 0.929 bits per heavy atom. The van der Waals surface area contributed by atoms with E-state index in [1.807, 2.05) is 30.3 Å². The van der Waals surface area contributed by atoms with Gasteiger partial charge in [0.05, 0.1) is 0 Å². The SMILES string of the molecule is CC[CH-]CC.[Cl-].[Cl-].[Cl-].[Ti+3].c1cc[cH-]c1. The summed E-state index contributed by atoms with van der Waals surface area (Å²) in [6, 6.07) is 10.0. The van der Waals surface area contributed by atoms with Crippen molar-refractivity contribution in [2.75, 3.05) is 0 Å². The summed E-state index contributed by atoms with van der Waals surface area (Å²) < 4.78 is 0. The summed E-state index contributed by atoms with van der Waals surface area (Å²) in [5.74, 6) is 0. The van der Waals surface area contributed by atoms with Gasteiger partial charge in [-0.25, -0.2) is 12.1 Å². The van der Waals surface area contributed by atoms with Crippen LogP contribution in [-0.4, -0.2) is 0 Å². The normalized spacial score (nSPS) is 5.86. The third kappa shape index (κ3) is 29.3. The summed E-state index contributed by atoms with van der Waals surface area (Å²) in [6.45, 7) is 4.31. The molecule has 0 nitrogen and oxygen atoms in total. The molecule has 0 atom stereocenters. The second kappa shape index (κ2) is 29.2. The van der Waals surface area contributed by atoms with Crippen LogP contribution >= 0.6 is 0 Å². The molecular weight excluding hydrogens is 274 g/mol. The van der Waals surface area contributed by atoms with Gasteiger partial charge in [-0.05, 0) is 0 Å². The summed E-state index contributed by atoms with van der Waals surface area (Å²) in [5, 5.41) is 0. The molecule has 0 aliphatic heterocycles. The number of hydrogen-bond donors (Lipinski definition) is 0. The first-order chi connectivity index (χ1) is 4.91. The van der Waals surface area contributed by atoms with Crippen molar-refractivity contribution < 1.29 is 58.9 Å². The van der Waals surface area contributed by atoms with Gasteiger partial charge >= 0.3 is 21.7 Å². The van der Waals surface area contributed by atoms with Gasteiger partial charge < -0.3 is 43.6 Å². The maximum atomic E-state index is 2.25. The fourth-order valence-corrected chi connectivity index (χ4v) is 0.609. The first kappa shape index (κ1) is 29.4. The zero-order valence-corrected chi connectivity index (χ0v) is 12.3. The Hall–Kier alpha value is 0.934. The molecule has 0 fully saturated rings. The number of rotatable bonds is 2. The van der Waals surface area contributed by atoms with Crippen LogP contribution in [0.4, 0.5) is 0 Å². The van der Waals surface area contributed by atoms with Gasteiger partial charge in [-0.15, -0.1) is 0 Å². The quantitative estimate of drug-likeness (QED) is 0.376. The molecule has 0 heterocycles. The molecule has 0 aromatic heterocycles. The van der Waals surface area contributed by atoms with Gasteiger partial charge in [0.25, 0.3) is 0 Å². The smallest absolute Gasteiger partial charge is 1.00 e. The van der Waals surface area contributed by atoms with Crippen molar-refractivity contribution in [3.05, 3.63) is 36.8 Å². The van der Waals surface area contributed by atoms with Gasteiger partial charge in [-0.3, -0.25) is 0 Å². The Labute approximate surface area is 122 Å². The van der Waals surface area contributed by atoms with E-state index < -0.39 is 0 Å². The second-order valence-corrected chi connectivity index (χ2v) is 2.07. The van der Waals surface area contributed by atoms with Crippen molar-refractivity contribution in [3.63, 3.8) is 0 Å². The van der Waals surface area contributed by atoms with Crippen molar-refractivity contribution in [2.45, 2.75) is 26.7 Å². The Kier molecular flexibility index (Phi) is 61.3. The minimum absolute atomic E-state index is 0. The third-order valence-electron chi connectivity index (χ3n) is 1.13. The van der Waals surface area contributed by atoms with Crippen LogP contribution in [0.15, 0.2) is 30.3 Å². The summed E-state index contributed by atoms with van der Waals surface area (Å²) in [5.41, 5.74) is 0. The first-order valence-corrected chi connectivity index (χ1v) is 3.90. The van der Waals surface area contributed by atoms with E-state index in [2.05, 4.69) is 20.3 Å². The van der Waals surface area contributed by atoms with Crippen molar-refractivity contribution in [1.29, 1.82) is 0 Å². The molecule has 0 spiro atoms. The van der Waals surface area contributed by atoms with Gasteiger partial charge in [0.15, 0.2) is 0 Å². The molecule has 0 saturated carbocycles. The maximum absolute atomic E-state index is 2.25. The Balaban J connectivity index is -0.0000000300. The standard InChI is InChI=1S/C5H5.C5H11.3ClH.Ti/c1-2-4-5-3-1;1-3-5-4-2;;;;/h1-5H;5H,3-4H2,1-2H3;3*1H;/q2*-1;;;;+3/p-3. The van der Waals surface area contributed by atoms with Gasteiger partial charge in [0, 0.05) is 0 Å². The topological polar surface area (TPSA) is 0 Å². The fraction of sp³-hybridized carbons (Fsp3) is 0.400. The van der Waals surface area contributed by atoms with E-state index in [0.29, 0.717) is 0 Å². The zero-order chi connectivity index (χ0) is 7.66. The molecule has 0 aliphatic carbocycles. The molecule has 14 heavy (non-hydrogen) atoms. The molecule has 1 radical (unpaired) electrons. The van der Waals surface area contributed by atoms with Crippen molar-refractivity contribution >= 4 is 0 Å². The fourth-order valence-electron chi connectivity index (χ4n) is 0.609. The zero-order valence-electron chi connectivity index (χ0n) is 8.51. The van der Waals surface area contributed by atoms with E-state index in [-0.39, 0.29) is 58.9 Å². The van der Waals surface area contributed by atoms with Crippen LogP contribution < -0.4 is 37.2 Å². The van der Waals surface area contributed by atoms with Crippen LogP contribution in [0.3, 0.4) is 0 Å². The van der Waals surface area contributed by atoms with Crippen LogP contribution in [-0.2, 0) is 21.7 Å². The molecule has 83 valence electrons. The average Bonchev–Trinajstić information content (AvgIpc) is 2.44. The molecule has 4 heteroatoms. The molecule has 1 aromatic rings. The monoisotopic (exact) mass is 289 g/mol.